The van der Waals surface area contributed by atoms with Crippen molar-refractivity contribution < 1.29 is 4.74 Å². The van der Waals surface area contributed by atoms with Crippen LogP contribution in [-0.2, 0) is 0 Å². The number of thioether (sulfide) groups is 1. The van der Waals surface area contributed by atoms with Crippen LogP contribution in [0.25, 0.3) is 0 Å². The minimum absolute atomic E-state index is 0.550. The highest BCUT2D eigenvalue weighted by atomic mass is 35.5. The van der Waals surface area contributed by atoms with Crippen molar-refractivity contribution in [1.29, 1.82) is 0 Å². The number of halogens is 2. The summed E-state index contributed by atoms with van der Waals surface area (Å²) in [6, 6.07) is 13.1. The molecule has 0 aliphatic heterocycles. The molecule has 0 aliphatic rings. The molecule has 1 nitrogen and oxygen atoms in total. The van der Waals surface area contributed by atoms with Gasteiger partial charge in [0.15, 0.2) is 0 Å². The number of para-hydroxylation sites is 1. The van der Waals surface area contributed by atoms with E-state index in [1.54, 1.807) is 12.1 Å². The average Bonchev–Trinajstić information content (AvgIpc) is 2.35. The molecule has 0 atom stereocenters. The third-order valence-electron chi connectivity index (χ3n) is 2.19. The van der Waals surface area contributed by atoms with Crippen LogP contribution in [0.5, 0.6) is 11.5 Å². The fourth-order valence-corrected chi connectivity index (χ4v) is 2.81. The van der Waals surface area contributed by atoms with Gasteiger partial charge in [0.25, 0.3) is 0 Å². The maximum Gasteiger partial charge on any atom is 0.147 e. The summed E-state index contributed by atoms with van der Waals surface area (Å²) in [6.07, 6.45) is 1.93. The Bertz CT molecular complexity index is 514. The van der Waals surface area contributed by atoms with Crippen LogP contribution in [0.3, 0.4) is 0 Å². The van der Waals surface area contributed by atoms with Crippen molar-refractivity contribution in [3.63, 3.8) is 0 Å². The van der Waals surface area contributed by atoms with Crippen LogP contribution in [0.2, 0.25) is 10.0 Å². The molecule has 0 unspecified atom stereocenters. The van der Waals surface area contributed by atoms with Crippen molar-refractivity contribution in [3.8, 4) is 11.5 Å². The third kappa shape index (κ3) is 2.89. The van der Waals surface area contributed by atoms with Crippen LogP contribution in [0.4, 0.5) is 0 Å². The van der Waals surface area contributed by atoms with Gasteiger partial charge in [-0.3, -0.25) is 0 Å². The maximum absolute atomic E-state index is 6.23. The second-order valence-electron chi connectivity index (χ2n) is 3.31. The maximum atomic E-state index is 6.23. The van der Waals surface area contributed by atoms with Crippen LogP contribution >= 0.6 is 35.0 Å². The molecule has 0 heterocycles. The SMILES string of the molecule is CSc1c(Cl)ccc(Oc2ccccc2)c1Cl. The minimum atomic E-state index is 0.550. The Balaban J connectivity index is 2.34. The molecule has 0 radical (unpaired) electrons. The van der Waals surface area contributed by atoms with E-state index in [2.05, 4.69) is 0 Å². The lowest BCUT2D eigenvalue weighted by atomic mass is 10.3. The predicted octanol–water partition coefficient (Wildman–Crippen LogP) is 5.51. The monoisotopic (exact) mass is 284 g/mol. The highest BCUT2D eigenvalue weighted by Crippen LogP contribution is 2.40. The van der Waals surface area contributed by atoms with E-state index >= 15 is 0 Å². The first-order chi connectivity index (χ1) is 8.22. The van der Waals surface area contributed by atoms with Gasteiger partial charge in [0.1, 0.15) is 11.5 Å². The van der Waals surface area contributed by atoms with E-state index in [1.165, 1.54) is 11.8 Å². The molecule has 0 aromatic heterocycles. The molecule has 0 N–H and O–H groups in total. The topological polar surface area (TPSA) is 9.23 Å². The van der Waals surface area contributed by atoms with Gasteiger partial charge in [-0.15, -0.1) is 11.8 Å². The number of rotatable bonds is 3. The van der Waals surface area contributed by atoms with Gasteiger partial charge in [-0.25, -0.2) is 0 Å². The molecule has 88 valence electrons. The zero-order valence-corrected chi connectivity index (χ0v) is 11.4. The van der Waals surface area contributed by atoms with Gasteiger partial charge in [0.05, 0.1) is 10.0 Å². The molecule has 17 heavy (non-hydrogen) atoms. The zero-order valence-electron chi connectivity index (χ0n) is 9.11. The fraction of sp³-hybridized carbons (Fsp3) is 0.0769. The Labute approximate surface area is 115 Å². The van der Waals surface area contributed by atoms with Crippen molar-refractivity contribution in [2.45, 2.75) is 4.90 Å². The average molecular weight is 285 g/mol. The number of benzene rings is 2. The van der Waals surface area contributed by atoms with Gasteiger partial charge < -0.3 is 4.74 Å². The highest BCUT2D eigenvalue weighted by Gasteiger charge is 2.11. The van der Waals surface area contributed by atoms with Crippen molar-refractivity contribution in [2.75, 3.05) is 6.26 Å². The number of ether oxygens (including phenoxy) is 1. The van der Waals surface area contributed by atoms with Gasteiger partial charge in [0.2, 0.25) is 0 Å². The summed E-state index contributed by atoms with van der Waals surface area (Å²) in [7, 11) is 0. The van der Waals surface area contributed by atoms with E-state index in [1.807, 2.05) is 36.6 Å². The largest absolute Gasteiger partial charge is 0.456 e. The Hall–Kier alpha value is -0.830. The molecule has 2 aromatic rings. The molecule has 0 saturated heterocycles. The van der Waals surface area contributed by atoms with Crippen molar-refractivity contribution in [2.24, 2.45) is 0 Å². The fourth-order valence-electron chi connectivity index (χ4n) is 1.40. The first-order valence-corrected chi connectivity index (χ1v) is 6.95. The Morgan fingerprint density at radius 3 is 2.35 bits per heavy atom. The van der Waals surface area contributed by atoms with Gasteiger partial charge in [0, 0.05) is 4.90 Å². The zero-order chi connectivity index (χ0) is 12.3. The number of hydrogen-bond donors (Lipinski definition) is 0. The molecule has 0 bridgehead atoms. The lowest BCUT2D eigenvalue weighted by Gasteiger charge is -2.10. The van der Waals surface area contributed by atoms with E-state index < -0.39 is 0 Å². The summed E-state index contributed by atoms with van der Waals surface area (Å²) in [5.74, 6) is 1.37. The van der Waals surface area contributed by atoms with E-state index in [0.717, 1.165) is 10.6 Å². The van der Waals surface area contributed by atoms with Crippen LogP contribution in [0.1, 0.15) is 0 Å². The van der Waals surface area contributed by atoms with E-state index in [9.17, 15) is 0 Å². The summed E-state index contributed by atoms with van der Waals surface area (Å²) in [5, 5.41) is 1.19. The summed E-state index contributed by atoms with van der Waals surface area (Å²) >= 11 is 13.8. The molecule has 2 rings (SSSR count). The molecule has 0 fully saturated rings. The summed E-state index contributed by atoms with van der Waals surface area (Å²) < 4.78 is 5.70. The lowest BCUT2D eigenvalue weighted by Crippen LogP contribution is -1.87. The number of hydrogen-bond acceptors (Lipinski definition) is 2. The normalized spacial score (nSPS) is 10.3. The molecular formula is C13H10Cl2OS. The van der Waals surface area contributed by atoms with Crippen LogP contribution in [0.15, 0.2) is 47.4 Å². The Morgan fingerprint density at radius 2 is 1.71 bits per heavy atom. The summed E-state index contributed by atoms with van der Waals surface area (Å²) in [5.41, 5.74) is 0. The molecule has 0 amide bonds. The van der Waals surface area contributed by atoms with Crippen LogP contribution < -0.4 is 4.74 Å². The van der Waals surface area contributed by atoms with Gasteiger partial charge in [-0.05, 0) is 30.5 Å². The van der Waals surface area contributed by atoms with E-state index in [-0.39, 0.29) is 0 Å². The standard InChI is InChI=1S/C13H10Cl2OS/c1-17-13-10(14)7-8-11(12(13)15)16-9-5-3-2-4-6-9/h2-8H,1H3. The van der Waals surface area contributed by atoms with Crippen LogP contribution in [-0.4, -0.2) is 6.26 Å². The van der Waals surface area contributed by atoms with E-state index in [0.29, 0.717) is 15.8 Å². The molecule has 0 saturated carbocycles. The summed E-state index contributed by atoms with van der Waals surface area (Å²) in [4.78, 5) is 0.835. The molecule has 4 heteroatoms. The Morgan fingerprint density at radius 1 is 1.00 bits per heavy atom. The highest BCUT2D eigenvalue weighted by molar-refractivity contribution is 7.98. The first kappa shape index (κ1) is 12.6. The molecule has 0 aliphatic carbocycles. The molecule has 2 aromatic carbocycles. The molecular weight excluding hydrogens is 275 g/mol. The second-order valence-corrected chi connectivity index (χ2v) is 4.91. The molecule has 0 spiro atoms. The smallest absolute Gasteiger partial charge is 0.147 e. The van der Waals surface area contributed by atoms with Crippen molar-refractivity contribution in [3.05, 3.63) is 52.5 Å². The minimum Gasteiger partial charge on any atom is -0.456 e. The lowest BCUT2D eigenvalue weighted by molar-refractivity contribution is 0.481. The van der Waals surface area contributed by atoms with Crippen LogP contribution in [0, 0.1) is 0 Å². The summed E-state index contributed by atoms with van der Waals surface area (Å²) in [6.45, 7) is 0. The van der Waals surface area contributed by atoms with Crippen molar-refractivity contribution >= 4 is 35.0 Å². The Kier molecular flexibility index (Phi) is 4.21. The third-order valence-corrected chi connectivity index (χ3v) is 3.94. The van der Waals surface area contributed by atoms with E-state index in [4.69, 9.17) is 27.9 Å². The predicted molar refractivity (Wildman–Crippen MR) is 74.8 cm³/mol. The quantitative estimate of drug-likeness (QED) is 0.688. The van der Waals surface area contributed by atoms with Gasteiger partial charge in [-0.2, -0.15) is 0 Å². The van der Waals surface area contributed by atoms with Gasteiger partial charge in [-0.1, -0.05) is 41.4 Å². The second kappa shape index (κ2) is 5.67. The van der Waals surface area contributed by atoms with Gasteiger partial charge >= 0.3 is 0 Å². The first-order valence-electron chi connectivity index (χ1n) is 4.97. The van der Waals surface area contributed by atoms with Crippen molar-refractivity contribution in [1.82, 2.24) is 0 Å².